The van der Waals surface area contributed by atoms with Gasteiger partial charge in [-0.3, -0.25) is 9.59 Å². The lowest BCUT2D eigenvalue weighted by Gasteiger charge is -2.15. The van der Waals surface area contributed by atoms with Gasteiger partial charge in [0.05, 0.1) is 6.61 Å². The molecule has 5 heteroatoms. The molecule has 0 fully saturated rings. The summed E-state index contributed by atoms with van der Waals surface area (Å²) >= 11 is 0. The zero-order valence-electron chi connectivity index (χ0n) is 28.7. The Morgan fingerprint density at radius 1 is 0.512 bits per heavy atom. The number of esters is 2. The standard InChI is InChI=1S/C38H72O5/c1-3-5-7-9-11-13-15-16-17-18-19-20-21-22-23-25-27-29-31-33-38(41)43-36(34-39)35-42-37(40)32-30-28-26-24-14-12-10-8-6-4-2/h18-19,36,39H,3-17,20-35H2,1-2H3/b19-18-/t36-/m0/s1. The molecule has 0 aliphatic carbocycles. The highest BCUT2D eigenvalue weighted by Crippen LogP contribution is 2.14. The van der Waals surface area contributed by atoms with Crippen LogP contribution in [0.2, 0.25) is 0 Å². The van der Waals surface area contributed by atoms with Gasteiger partial charge < -0.3 is 14.6 Å². The van der Waals surface area contributed by atoms with E-state index in [1.165, 1.54) is 135 Å². The number of aliphatic hydroxyl groups excluding tert-OH is 1. The fourth-order valence-electron chi connectivity index (χ4n) is 5.43. The van der Waals surface area contributed by atoms with Gasteiger partial charge in [-0.05, 0) is 38.5 Å². The van der Waals surface area contributed by atoms with Crippen molar-refractivity contribution in [2.75, 3.05) is 13.2 Å². The van der Waals surface area contributed by atoms with Gasteiger partial charge in [0.25, 0.3) is 0 Å². The van der Waals surface area contributed by atoms with Gasteiger partial charge in [-0.2, -0.15) is 0 Å². The predicted molar refractivity (Wildman–Crippen MR) is 182 cm³/mol. The average Bonchev–Trinajstić information content (AvgIpc) is 3.01. The normalized spacial score (nSPS) is 12.2. The van der Waals surface area contributed by atoms with Crippen molar-refractivity contribution >= 4 is 11.9 Å². The van der Waals surface area contributed by atoms with Gasteiger partial charge in [0, 0.05) is 12.8 Å². The molecule has 0 amide bonds. The van der Waals surface area contributed by atoms with Gasteiger partial charge >= 0.3 is 11.9 Å². The number of rotatable bonds is 34. The van der Waals surface area contributed by atoms with E-state index in [1.807, 2.05) is 0 Å². The van der Waals surface area contributed by atoms with Gasteiger partial charge in [0.1, 0.15) is 6.61 Å². The molecule has 0 unspecified atom stereocenters. The molecule has 0 rings (SSSR count). The van der Waals surface area contributed by atoms with E-state index < -0.39 is 6.10 Å². The third kappa shape index (κ3) is 33.4. The minimum atomic E-state index is -0.765. The molecule has 0 bridgehead atoms. The minimum Gasteiger partial charge on any atom is -0.462 e. The summed E-state index contributed by atoms with van der Waals surface area (Å²) in [6.07, 6.45) is 38.4. The Morgan fingerprint density at radius 2 is 0.860 bits per heavy atom. The molecule has 0 saturated heterocycles. The maximum absolute atomic E-state index is 12.1. The van der Waals surface area contributed by atoms with Crippen LogP contribution in [-0.2, 0) is 19.1 Å². The van der Waals surface area contributed by atoms with Crippen LogP contribution in [-0.4, -0.2) is 36.4 Å². The molecular weight excluding hydrogens is 536 g/mol. The quantitative estimate of drug-likeness (QED) is 0.0447. The van der Waals surface area contributed by atoms with Crippen LogP contribution in [0.15, 0.2) is 12.2 Å². The van der Waals surface area contributed by atoms with Crippen LogP contribution in [0.3, 0.4) is 0 Å². The second-order valence-electron chi connectivity index (χ2n) is 12.7. The maximum Gasteiger partial charge on any atom is 0.306 e. The largest absolute Gasteiger partial charge is 0.462 e. The molecule has 0 aliphatic heterocycles. The third-order valence-corrected chi connectivity index (χ3v) is 8.31. The number of hydrogen-bond donors (Lipinski definition) is 1. The third-order valence-electron chi connectivity index (χ3n) is 8.31. The summed E-state index contributed by atoms with van der Waals surface area (Å²) in [4.78, 5) is 24.1. The van der Waals surface area contributed by atoms with E-state index in [-0.39, 0.29) is 25.2 Å². The molecule has 0 aromatic rings. The summed E-state index contributed by atoms with van der Waals surface area (Å²) < 4.78 is 10.6. The van der Waals surface area contributed by atoms with E-state index in [4.69, 9.17) is 9.47 Å². The van der Waals surface area contributed by atoms with Crippen LogP contribution in [0.4, 0.5) is 0 Å². The molecule has 0 radical (unpaired) electrons. The molecule has 0 aromatic heterocycles. The van der Waals surface area contributed by atoms with Crippen molar-refractivity contribution < 1.29 is 24.2 Å². The molecular formula is C38H72O5. The molecule has 0 saturated carbocycles. The second-order valence-corrected chi connectivity index (χ2v) is 12.7. The van der Waals surface area contributed by atoms with E-state index in [1.54, 1.807) is 0 Å². The monoisotopic (exact) mass is 609 g/mol. The molecule has 43 heavy (non-hydrogen) atoms. The lowest BCUT2D eigenvalue weighted by atomic mass is 10.1. The molecule has 0 aromatic carbocycles. The summed E-state index contributed by atoms with van der Waals surface area (Å²) in [5.74, 6) is -0.590. The number of aliphatic hydroxyl groups is 1. The van der Waals surface area contributed by atoms with Gasteiger partial charge in [-0.25, -0.2) is 0 Å². The van der Waals surface area contributed by atoms with Gasteiger partial charge in [0.15, 0.2) is 6.10 Å². The number of unbranched alkanes of at least 4 members (excludes halogenated alkanes) is 24. The van der Waals surface area contributed by atoms with Crippen molar-refractivity contribution in [1.82, 2.24) is 0 Å². The summed E-state index contributed by atoms with van der Waals surface area (Å²) in [5.41, 5.74) is 0. The summed E-state index contributed by atoms with van der Waals surface area (Å²) in [7, 11) is 0. The van der Waals surface area contributed by atoms with Crippen LogP contribution in [0.5, 0.6) is 0 Å². The Balaban J connectivity index is 3.52. The number of carbonyl (C=O) groups is 2. The maximum atomic E-state index is 12.1. The van der Waals surface area contributed by atoms with E-state index >= 15 is 0 Å². The molecule has 0 spiro atoms. The van der Waals surface area contributed by atoms with Gasteiger partial charge in [-0.15, -0.1) is 0 Å². The Morgan fingerprint density at radius 3 is 1.26 bits per heavy atom. The summed E-state index contributed by atoms with van der Waals surface area (Å²) in [6.45, 7) is 4.12. The lowest BCUT2D eigenvalue weighted by molar-refractivity contribution is -0.161. The molecule has 1 N–H and O–H groups in total. The first-order valence-electron chi connectivity index (χ1n) is 18.7. The second kappa shape index (κ2) is 35.1. The minimum absolute atomic E-state index is 0.0623. The average molecular weight is 609 g/mol. The Hall–Kier alpha value is -1.36. The lowest BCUT2D eigenvalue weighted by Crippen LogP contribution is -2.28. The van der Waals surface area contributed by atoms with Crippen LogP contribution in [0.1, 0.15) is 200 Å². The van der Waals surface area contributed by atoms with Crippen LogP contribution >= 0.6 is 0 Å². The van der Waals surface area contributed by atoms with Gasteiger partial charge in [0.2, 0.25) is 0 Å². The number of allylic oxidation sites excluding steroid dienone is 2. The first kappa shape index (κ1) is 41.6. The van der Waals surface area contributed by atoms with E-state index in [0.717, 1.165) is 38.5 Å². The van der Waals surface area contributed by atoms with Crippen molar-refractivity contribution in [3.05, 3.63) is 12.2 Å². The molecule has 1 atom stereocenters. The van der Waals surface area contributed by atoms with Crippen LogP contribution < -0.4 is 0 Å². The highest BCUT2D eigenvalue weighted by Gasteiger charge is 2.16. The fourth-order valence-corrected chi connectivity index (χ4v) is 5.43. The van der Waals surface area contributed by atoms with Crippen LogP contribution in [0.25, 0.3) is 0 Å². The van der Waals surface area contributed by atoms with Gasteiger partial charge in [-0.1, -0.05) is 161 Å². The van der Waals surface area contributed by atoms with E-state index in [2.05, 4.69) is 26.0 Å². The van der Waals surface area contributed by atoms with Crippen LogP contribution in [0, 0.1) is 0 Å². The topological polar surface area (TPSA) is 72.8 Å². The van der Waals surface area contributed by atoms with Crippen molar-refractivity contribution in [3.63, 3.8) is 0 Å². The zero-order chi connectivity index (χ0) is 31.5. The van der Waals surface area contributed by atoms with Crippen molar-refractivity contribution in [2.45, 2.75) is 206 Å². The molecule has 0 heterocycles. The fraction of sp³-hybridized carbons (Fsp3) is 0.895. The predicted octanol–water partition coefficient (Wildman–Crippen LogP) is 11.3. The van der Waals surface area contributed by atoms with E-state index in [0.29, 0.717) is 12.8 Å². The molecule has 5 nitrogen and oxygen atoms in total. The van der Waals surface area contributed by atoms with E-state index in [9.17, 15) is 14.7 Å². The van der Waals surface area contributed by atoms with Crippen molar-refractivity contribution in [3.8, 4) is 0 Å². The SMILES string of the molecule is CCCCCCCCCC/C=C\CCCCCCCCCC(=O)O[C@@H](CO)COC(=O)CCCCCCCCCCCC. The summed E-state index contributed by atoms with van der Waals surface area (Å²) in [5, 5.41) is 9.51. The molecule has 0 aliphatic rings. The Kier molecular flexibility index (Phi) is 34.0. The van der Waals surface area contributed by atoms with Crippen molar-refractivity contribution in [2.24, 2.45) is 0 Å². The highest BCUT2D eigenvalue weighted by atomic mass is 16.6. The number of hydrogen-bond acceptors (Lipinski definition) is 5. The Labute approximate surface area is 267 Å². The highest BCUT2D eigenvalue weighted by molar-refractivity contribution is 5.70. The summed E-state index contributed by atoms with van der Waals surface area (Å²) in [6, 6.07) is 0. The molecule has 254 valence electrons. The smallest absolute Gasteiger partial charge is 0.306 e. The number of ether oxygens (including phenoxy) is 2. The Bertz CT molecular complexity index is 617. The first-order chi connectivity index (χ1) is 21.1. The zero-order valence-corrected chi connectivity index (χ0v) is 28.7. The first-order valence-corrected chi connectivity index (χ1v) is 18.7. The number of carbonyl (C=O) groups excluding carboxylic acids is 2. The van der Waals surface area contributed by atoms with Crippen molar-refractivity contribution in [1.29, 1.82) is 0 Å².